The van der Waals surface area contributed by atoms with E-state index in [2.05, 4.69) is 0 Å². The van der Waals surface area contributed by atoms with Gasteiger partial charge in [-0.2, -0.15) is 0 Å². The minimum Gasteiger partial charge on any atom is -0.497 e. The number of carbonyl (C=O) groups is 2. The molecule has 0 amide bonds. The monoisotopic (exact) mass is 282 g/mol. The predicted molar refractivity (Wildman–Crippen MR) is 70.5 cm³/mol. The summed E-state index contributed by atoms with van der Waals surface area (Å²) >= 11 is 0. The number of hydrogen-bond donors (Lipinski definition) is 0. The lowest BCUT2D eigenvalue weighted by atomic mass is 10.2. The van der Waals surface area contributed by atoms with Gasteiger partial charge in [-0.25, -0.2) is 4.79 Å². The van der Waals surface area contributed by atoms with Crippen molar-refractivity contribution in [2.75, 3.05) is 7.11 Å². The van der Waals surface area contributed by atoms with Gasteiger partial charge in [-0.05, 0) is 24.3 Å². The van der Waals surface area contributed by atoms with Crippen molar-refractivity contribution < 1.29 is 28.5 Å². The van der Waals surface area contributed by atoms with Gasteiger partial charge in [-0.15, -0.1) is 0 Å². The summed E-state index contributed by atoms with van der Waals surface area (Å²) in [6.07, 6.45) is -1.95. The molecule has 1 atom stereocenters. The SMILES string of the molecule is COc1ccc(OC(=O)O[C@H](C)OC(=O)C(C)C)cc1. The molecule has 0 saturated carbocycles. The molecule has 6 nitrogen and oxygen atoms in total. The molecule has 0 N–H and O–H groups in total. The van der Waals surface area contributed by atoms with Crippen LogP contribution >= 0.6 is 0 Å². The summed E-state index contributed by atoms with van der Waals surface area (Å²) in [4.78, 5) is 22.8. The molecule has 0 aliphatic carbocycles. The standard InChI is InChI=1S/C14H18O6/c1-9(2)13(15)18-10(3)19-14(16)20-12-7-5-11(17-4)6-8-12/h5-10H,1-4H3/t10-/m1/s1. The van der Waals surface area contributed by atoms with E-state index in [0.29, 0.717) is 11.5 Å². The van der Waals surface area contributed by atoms with Gasteiger partial charge < -0.3 is 18.9 Å². The van der Waals surface area contributed by atoms with Gasteiger partial charge in [-0.1, -0.05) is 13.8 Å². The van der Waals surface area contributed by atoms with Crippen LogP contribution < -0.4 is 9.47 Å². The van der Waals surface area contributed by atoms with Crippen LogP contribution in [0.3, 0.4) is 0 Å². The van der Waals surface area contributed by atoms with Crippen LogP contribution in [-0.2, 0) is 14.3 Å². The second-order valence-electron chi connectivity index (χ2n) is 4.30. The second kappa shape index (κ2) is 7.37. The van der Waals surface area contributed by atoms with Gasteiger partial charge in [0.2, 0.25) is 6.29 Å². The first-order valence-electron chi connectivity index (χ1n) is 6.15. The normalized spacial score (nSPS) is 11.7. The molecule has 0 fully saturated rings. The molecule has 0 spiro atoms. The molecule has 0 unspecified atom stereocenters. The van der Waals surface area contributed by atoms with Crippen molar-refractivity contribution in [3.05, 3.63) is 24.3 Å². The summed E-state index contributed by atoms with van der Waals surface area (Å²) in [6, 6.07) is 6.41. The molecule has 0 aliphatic heterocycles. The van der Waals surface area contributed by atoms with Gasteiger partial charge in [0.25, 0.3) is 0 Å². The Kier molecular flexibility index (Phi) is 5.83. The van der Waals surface area contributed by atoms with Crippen LogP contribution in [0.25, 0.3) is 0 Å². The van der Waals surface area contributed by atoms with Crippen LogP contribution in [0.5, 0.6) is 11.5 Å². The maximum atomic E-state index is 11.5. The molecule has 1 aromatic rings. The summed E-state index contributed by atoms with van der Waals surface area (Å²) in [7, 11) is 1.54. The van der Waals surface area contributed by atoms with Crippen LogP contribution in [0.1, 0.15) is 20.8 Å². The first-order chi connectivity index (χ1) is 9.42. The van der Waals surface area contributed by atoms with E-state index in [1.807, 2.05) is 0 Å². The smallest absolute Gasteiger partial charge is 0.497 e. The Hall–Kier alpha value is -2.24. The lowest BCUT2D eigenvalue weighted by Crippen LogP contribution is -2.25. The average Bonchev–Trinajstić information content (AvgIpc) is 2.39. The molecule has 1 aromatic carbocycles. The minimum atomic E-state index is -1.00. The predicted octanol–water partition coefficient (Wildman–Crippen LogP) is 2.76. The number of rotatable bonds is 5. The van der Waals surface area contributed by atoms with E-state index in [1.54, 1.807) is 38.1 Å². The van der Waals surface area contributed by atoms with E-state index in [9.17, 15) is 9.59 Å². The highest BCUT2D eigenvalue weighted by Gasteiger charge is 2.17. The zero-order valence-electron chi connectivity index (χ0n) is 11.9. The van der Waals surface area contributed by atoms with Gasteiger partial charge in [-0.3, -0.25) is 4.79 Å². The number of hydrogen-bond acceptors (Lipinski definition) is 6. The van der Waals surface area contributed by atoms with E-state index in [4.69, 9.17) is 18.9 Å². The lowest BCUT2D eigenvalue weighted by molar-refractivity contribution is -0.170. The lowest BCUT2D eigenvalue weighted by Gasteiger charge is -2.15. The Labute approximate surface area is 117 Å². The van der Waals surface area contributed by atoms with E-state index >= 15 is 0 Å². The Bertz CT molecular complexity index is 451. The fraction of sp³-hybridized carbons (Fsp3) is 0.429. The van der Waals surface area contributed by atoms with E-state index in [-0.39, 0.29) is 5.92 Å². The van der Waals surface area contributed by atoms with Crippen LogP contribution in [-0.4, -0.2) is 25.5 Å². The fourth-order valence-corrected chi connectivity index (χ4v) is 1.22. The molecule has 0 aromatic heterocycles. The van der Waals surface area contributed by atoms with Gasteiger partial charge in [0, 0.05) is 6.92 Å². The van der Waals surface area contributed by atoms with Gasteiger partial charge in [0.15, 0.2) is 0 Å². The minimum absolute atomic E-state index is 0.293. The van der Waals surface area contributed by atoms with Crippen LogP contribution in [0.4, 0.5) is 4.79 Å². The van der Waals surface area contributed by atoms with Gasteiger partial charge >= 0.3 is 12.1 Å². The highest BCUT2D eigenvalue weighted by Crippen LogP contribution is 2.17. The van der Waals surface area contributed by atoms with Crippen molar-refractivity contribution in [2.24, 2.45) is 5.92 Å². The first kappa shape index (κ1) is 15.8. The molecule has 6 heteroatoms. The highest BCUT2D eigenvalue weighted by atomic mass is 16.8. The van der Waals surface area contributed by atoms with Crippen LogP contribution in [0.2, 0.25) is 0 Å². The second-order valence-corrected chi connectivity index (χ2v) is 4.30. The fourth-order valence-electron chi connectivity index (χ4n) is 1.22. The molecule has 0 saturated heterocycles. The zero-order valence-corrected chi connectivity index (χ0v) is 11.9. The summed E-state index contributed by atoms with van der Waals surface area (Å²) in [5, 5.41) is 0. The summed E-state index contributed by atoms with van der Waals surface area (Å²) in [5.74, 6) is 0.205. The third kappa shape index (κ3) is 5.17. The van der Waals surface area contributed by atoms with Gasteiger partial charge in [0.1, 0.15) is 11.5 Å². The van der Waals surface area contributed by atoms with Crippen molar-refractivity contribution in [1.29, 1.82) is 0 Å². The molecule has 0 aliphatic rings. The van der Waals surface area contributed by atoms with Crippen molar-refractivity contribution in [3.63, 3.8) is 0 Å². The summed E-state index contributed by atoms with van der Waals surface area (Å²) in [5.41, 5.74) is 0. The average molecular weight is 282 g/mol. The molecule has 110 valence electrons. The quantitative estimate of drug-likeness (QED) is 0.470. The summed E-state index contributed by atoms with van der Waals surface area (Å²) < 4.78 is 19.6. The van der Waals surface area contributed by atoms with Crippen LogP contribution in [0, 0.1) is 5.92 Å². The molecule has 1 rings (SSSR count). The van der Waals surface area contributed by atoms with Crippen LogP contribution in [0.15, 0.2) is 24.3 Å². The van der Waals surface area contributed by atoms with E-state index < -0.39 is 18.4 Å². The van der Waals surface area contributed by atoms with E-state index in [1.165, 1.54) is 14.0 Å². The number of carbonyl (C=O) groups excluding carboxylic acids is 2. The molecule has 0 radical (unpaired) electrons. The Morgan fingerprint density at radius 3 is 2.00 bits per heavy atom. The van der Waals surface area contributed by atoms with Crippen molar-refractivity contribution in [3.8, 4) is 11.5 Å². The highest BCUT2D eigenvalue weighted by molar-refractivity contribution is 5.72. The third-order valence-electron chi connectivity index (χ3n) is 2.28. The van der Waals surface area contributed by atoms with Crippen molar-refractivity contribution in [1.82, 2.24) is 0 Å². The topological polar surface area (TPSA) is 71.1 Å². The first-order valence-corrected chi connectivity index (χ1v) is 6.15. The van der Waals surface area contributed by atoms with Gasteiger partial charge in [0.05, 0.1) is 13.0 Å². The van der Waals surface area contributed by atoms with Crippen molar-refractivity contribution in [2.45, 2.75) is 27.1 Å². The number of benzene rings is 1. The summed E-state index contributed by atoms with van der Waals surface area (Å²) in [6.45, 7) is 4.81. The maximum absolute atomic E-state index is 11.5. The zero-order chi connectivity index (χ0) is 15.1. The third-order valence-corrected chi connectivity index (χ3v) is 2.28. The Morgan fingerprint density at radius 1 is 0.950 bits per heavy atom. The number of ether oxygens (including phenoxy) is 4. The molecule has 20 heavy (non-hydrogen) atoms. The van der Waals surface area contributed by atoms with Crippen molar-refractivity contribution >= 4 is 12.1 Å². The number of esters is 1. The number of methoxy groups -OCH3 is 1. The molecular formula is C14H18O6. The Balaban J connectivity index is 2.44. The molecule has 0 heterocycles. The molecule has 0 bridgehead atoms. The maximum Gasteiger partial charge on any atom is 0.516 e. The Morgan fingerprint density at radius 2 is 1.50 bits per heavy atom. The molecular weight excluding hydrogens is 264 g/mol. The largest absolute Gasteiger partial charge is 0.516 e. The van der Waals surface area contributed by atoms with E-state index in [0.717, 1.165) is 0 Å².